The Morgan fingerprint density at radius 1 is 1.45 bits per heavy atom. The Bertz CT molecular complexity index is 423. The minimum atomic E-state index is -0.0262. The molecule has 0 unspecified atom stereocenters. The number of piperidine rings is 1. The minimum absolute atomic E-state index is 0. The van der Waals surface area contributed by atoms with Crippen LogP contribution in [0.3, 0.4) is 0 Å². The van der Waals surface area contributed by atoms with Crippen molar-refractivity contribution in [3.05, 3.63) is 29.6 Å². The topological polar surface area (TPSA) is 71.2 Å². The maximum atomic E-state index is 12.1. The number of nitrogens with zero attached hydrogens (tertiary/aromatic N) is 2. The summed E-state index contributed by atoms with van der Waals surface area (Å²) in [6.45, 7) is 2.43. The number of rotatable bonds is 3. The van der Waals surface area contributed by atoms with Crippen LogP contribution < -0.4 is 11.1 Å². The van der Waals surface area contributed by atoms with Gasteiger partial charge in [-0.25, -0.2) is 0 Å². The first kappa shape index (κ1) is 19.1. The number of carbonyl (C=O) groups is 1. The summed E-state index contributed by atoms with van der Waals surface area (Å²) >= 11 is 0. The first-order valence-electron chi connectivity index (χ1n) is 6.33. The number of halogens is 2. The summed E-state index contributed by atoms with van der Waals surface area (Å²) in [6.07, 6.45) is 3.65. The van der Waals surface area contributed by atoms with Crippen molar-refractivity contribution in [1.29, 1.82) is 0 Å². The fraction of sp³-hybridized carbons (Fsp3) is 0.538. The van der Waals surface area contributed by atoms with Gasteiger partial charge in [-0.1, -0.05) is 0 Å². The number of aromatic nitrogens is 1. The van der Waals surface area contributed by atoms with Gasteiger partial charge in [-0.3, -0.25) is 9.78 Å². The lowest BCUT2D eigenvalue weighted by Gasteiger charge is -2.29. The average Bonchev–Trinajstić information content (AvgIpc) is 2.41. The number of nitrogens with one attached hydrogen (secondary N) is 1. The Kier molecular flexibility index (Phi) is 8.73. The van der Waals surface area contributed by atoms with E-state index >= 15 is 0 Å². The van der Waals surface area contributed by atoms with E-state index < -0.39 is 0 Å². The third-order valence-electron chi connectivity index (χ3n) is 3.34. The molecule has 3 N–H and O–H groups in total. The number of likely N-dealkylation sites (tertiary alicyclic amines) is 1. The molecular formula is C13H22Cl2N4O. The summed E-state index contributed by atoms with van der Waals surface area (Å²) in [7, 11) is 2.11. The molecule has 0 spiro atoms. The second-order valence-electron chi connectivity index (χ2n) is 4.79. The van der Waals surface area contributed by atoms with Crippen molar-refractivity contribution in [2.24, 2.45) is 5.73 Å². The third kappa shape index (κ3) is 5.25. The lowest BCUT2D eigenvalue weighted by Crippen LogP contribution is -2.43. The summed E-state index contributed by atoms with van der Waals surface area (Å²) in [5.74, 6) is -0.0262. The predicted octanol–water partition coefficient (Wildman–Crippen LogP) is 1.21. The van der Waals surface area contributed by atoms with E-state index in [0.717, 1.165) is 31.6 Å². The lowest BCUT2D eigenvalue weighted by molar-refractivity contribution is 0.0916. The zero-order valence-corrected chi connectivity index (χ0v) is 13.2. The number of hydrogen-bond donors (Lipinski definition) is 2. The van der Waals surface area contributed by atoms with E-state index in [2.05, 4.69) is 22.2 Å². The van der Waals surface area contributed by atoms with Crippen LogP contribution >= 0.6 is 24.8 Å². The quantitative estimate of drug-likeness (QED) is 0.878. The number of pyridine rings is 1. The number of carbonyl (C=O) groups excluding carboxylic acids is 1. The van der Waals surface area contributed by atoms with Crippen molar-refractivity contribution < 1.29 is 4.79 Å². The van der Waals surface area contributed by atoms with Gasteiger partial charge in [-0.15, -0.1) is 24.8 Å². The van der Waals surface area contributed by atoms with E-state index in [1.165, 1.54) is 0 Å². The molecule has 1 aliphatic heterocycles. The second kappa shape index (κ2) is 9.13. The van der Waals surface area contributed by atoms with E-state index in [9.17, 15) is 4.79 Å². The Morgan fingerprint density at radius 2 is 2.10 bits per heavy atom. The van der Waals surface area contributed by atoms with Crippen LogP contribution in [0.15, 0.2) is 18.3 Å². The smallest absolute Gasteiger partial charge is 0.251 e. The van der Waals surface area contributed by atoms with Crippen molar-refractivity contribution in [2.45, 2.75) is 25.4 Å². The first-order chi connectivity index (χ1) is 8.69. The molecule has 1 fully saturated rings. The van der Waals surface area contributed by atoms with Gasteiger partial charge in [0.1, 0.15) is 0 Å². The molecule has 114 valence electrons. The number of nitrogens with two attached hydrogens (primary N) is 1. The van der Waals surface area contributed by atoms with Gasteiger partial charge >= 0.3 is 0 Å². The maximum Gasteiger partial charge on any atom is 0.251 e. The molecular weight excluding hydrogens is 299 g/mol. The highest BCUT2D eigenvalue weighted by atomic mass is 35.5. The van der Waals surface area contributed by atoms with Crippen LogP contribution in [0.25, 0.3) is 0 Å². The van der Waals surface area contributed by atoms with E-state index in [1.54, 1.807) is 18.3 Å². The van der Waals surface area contributed by atoms with Crippen LogP contribution in [0, 0.1) is 0 Å². The van der Waals surface area contributed by atoms with Crippen molar-refractivity contribution in [1.82, 2.24) is 15.2 Å². The number of hydrogen-bond acceptors (Lipinski definition) is 4. The largest absolute Gasteiger partial charge is 0.349 e. The minimum Gasteiger partial charge on any atom is -0.349 e. The SMILES string of the molecule is CN1CCC(NC(=O)c2ccnc(CN)c2)CC1.Cl.Cl. The molecule has 1 aliphatic rings. The monoisotopic (exact) mass is 320 g/mol. The number of amides is 1. The fourth-order valence-corrected chi connectivity index (χ4v) is 2.15. The Morgan fingerprint density at radius 3 is 2.70 bits per heavy atom. The van der Waals surface area contributed by atoms with Crippen molar-refractivity contribution >= 4 is 30.7 Å². The normalized spacial score (nSPS) is 15.9. The molecule has 2 rings (SSSR count). The molecule has 0 saturated carbocycles. The molecule has 2 heterocycles. The van der Waals surface area contributed by atoms with Crippen LogP contribution in [-0.4, -0.2) is 42.0 Å². The molecule has 0 aromatic carbocycles. The molecule has 1 aromatic heterocycles. The Hall–Kier alpha value is -0.880. The van der Waals surface area contributed by atoms with Crippen LogP contribution in [0.5, 0.6) is 0 Å². The Balaban J connectivity index is 0.00000180. The molecule has 0 radical (unpaired) electrons. The van der Waals surface area contributed by atoms with Crippen molar-refractivity contribution in [2.75, 3.05) is 20.1 Å². The molecule has 0 bridgehead atoms. The summed E-state index contributed by atoms with van der Waals surface area (Å²) < 4.78 is 0. The highest BCUT2D eigenvalue weighted by Gasteiger charge is 2.19. The van der Waals surface area contributed by atoms with Gasteiger partial charge in [-0.05, 0) is 45.1 Å². The van der Waals surface area contributed by atoms with Crippen LogP contribution in [-0.2, 0) is 6.54 Å². The predicted molar refractivity (Wildman–Crippen MR) is 84.6 cm³/mol. The molecule has 20 heavy (non-hydrogen) atoms. The van der Waals surface area contributed by atoms with Gasteiger partial charge in [0.2, 0.25) is 0 Å². The standard InChI is InChI=1S/C13H20N4O.2ClH/c1-17-6-3-11(4-7-17)16-13(18)10-2-5-15-12(8-10)9-14;;/h2,5,8,11H,3-4,6-7,9,14H2,1H3,(H,16,18);2*1H. The maximum absolute atomic E-state index is 12.1. The summed E-state index contributed by atoms with van der Waals surface area (Å²) in [4.78, 5) is 18.4. The average molecular weight is 321 g/mol. The molecule has 1 saturated heterocycles. The second-order valence-corrected chi connectivity index (χ2v) is 4.79. The molecule has 0 atom stereocenters. The zero-order chi connectivity index (χ0) is 13.0. The highest BCUT2D eigenvalue weighted by molar-refractivity contribution is 5.94. The van der Waals surface area contributed by atoms with Crippen molar-refractivity contribution in [3.8, 4) is 0 Å². The van der Waals surface area contributed by atoms with Crippen LogP contribution in [0.4, 0.5) is 0 Å². The van der Waals surface area contributed by atoms with Gasteiger partial charge in [-0.2, -0.15) is 0 Å². The summed E-state index contributed by atoms with van der Waals surface area (Å²) in [6, 6.07) is 3.76. The van der Waals surface area contributed by atoms with Gasteiger partial charge in [0.25, 0.3) is 5.91 Å². The van der Waals surface area contributed by atoms with Gasteiger partial charge < -0.3 is 16.0 Å². The molecule has 7 heteroatoms. The van der Waals surface area contributed by atoms with Gasteiger partial charge in [0.15, 0.2) is 0 Å². The van der Waals surface area contributed by atoms with E-state index in [0.29, 0.717) is 12.1 Å². The first-order valence-corrected chi connectivity index (χ1v) is 6.33. The summed E-state index contributed by atoms with van der Waals surface area (Å²) in [5.41, 5.74) is 6.90. The fourth-order valence-electron chi connectivity index (χ4n) is 2.15. The van der Waals surface area contributed by atoms with Gasteiger partial charge in [0.05, 0.1) is 5.69 Å². The van der Waals surface area contributed by atoms with Crippen LogP contribution in [0.1, 0.15) is 28.9 Å². The molecule has 1 aromatic rings. The van der Waals surface area contributed by atoms with E-state index in [4.69, 9.17) is 5.73 Å². The molecule has 5 nitrogen and oxygen atoms in total. The molecule has 0 aliphatic carbocycles. The zero-order valence-electron chi connectivity index (χ0n) is 11.5. The van der Waals surface area contributed by atoms with E-state index in [-0.39, 0.29) is 36.8 Å². The van der Waals surface area contributed by atoms with Crippen molar-refractivity contribution in [3.63, 3.8) is 0 Å². The highest BCUT2D eigenvalue weighted by Crippen LogP contribution is 2.09. The third-order valence-corrected chi connectivity index (χ3v) is 3.34. The van der Waals surface area contributed by atoms with Gasteiger partial charge in [0, 0.05) is 24.3 Å². The summed E-state index contributed by atoms with van der Waals surface area (Å²) in [5, 5.41) is 3.07. The molecule has 1 amide bonds. The lowest BCUT2D eigenvalue weighted by atomic mass is 10.0. The van der Waals surface area contributed by atoms with Crippen LogP contribution in [0.2, 0.25) is 0 Å². The van der Waals surface area contributed by atoms with E-state index in [1.807, 2.05) is 0 Å². The Labute approximate surface area is 132 Å².